The maximum Gasteiger partial charge on any atom is 0.211 e. The van der Waals surface area contributed by atoms with E-state index in [-0.39, 0.29) is 6.54 Å². The minimum Gasteiger partial charge on any atom is -0.388 e. The highest BCUT2D eigenvalue weighted by molar-refractivity contribution is 7.88. The first kappa shape index (κ1) is 13.9. The number of nitrogens with two attached hydrogens (primary N) is 1. The molecule has 0 radical (unpaired) electrons. The second kappa shape index (κ2) is 4.97. The second-order valence-corrected chi connectivity index (χ2v) is 6.62. The highest BCUT2D eigenvalue weighted by atomic mass is 32.2. The van der Waals surface area contributed by atoms with Crippen LogP contribution in [0.4, 0.5) is 0 Å². The zero-order chi connectivity index (χ0) is 12.4. The van der Waals surface area contributed by atoms with Crippen LogP contribution < -0.4 is 5.73 Å². The SMILES string of the molecule is CC(O)(CN)CN1CCN(S(C)(=O)=O)CC1. The lowest BCUT2D eigenvalue weighted by Crippen LogP contribution is -2.53. The van der Waals surface area contributed by atoms with E-state index in [4.69, 9.17) is 5.73 Å². The predicted octanol–water partition coefficient (Wildman–Crippen LogP) is -1.73. The molecule has 1 heterocycles. The fourth-order valence-corrected chi connectivity index (χ4v) is 2.59. The van der Waals surface area contributed by atoms with Crippen LogP contribution in [0.5, 0.6) is 0 Å². The van der Waals surface area contributed by atoms with Crippen LogP contribution in [0.2, 0.25) is 0 Å². The monoisotopic (exact) mass is 251 g/mol. The Morgan fingerprint density at radius 2 is 1.81 bits per heavy atom. The Hall–Kier alpha value is -0.210. The molecule has 1 unspecified atom stereocenters. The number of hydrogen-bond donors (Lipinski definition) is 2. The number of nitrogens with zero attached hydrogens (tertiary/aromatic N) is 2. The Balaban J connectivity index is 2.44. The standard InChI is InChI=1S/C9H21N3O3S/c1-9(13,7-10)8-11-3-5-12(6-4-11)16(2,14)15/h13H,3-8,10H2,1-2H3. The van der Waals surface area contributed by atoms with Gasteiger partial charge in [0, 0.05) is 39.3 Å². The van der Waals surface area contributed by atoms with Gasteiger partial charge in [0.2, 0.25) is 10.0 Å². The molecule has 0 aromatic rings. The molecule has 0 aromatic carbocycles. The lowest BCUT2D eigenvalue weighted by Gasteiger charge is -2.36. The van der Waals surface area contributed by atoms with E-state index in [1.807, 2.05) is 4.90 Å². The zero-order valence-corrected chi connectivity index (χ0v) is 10.7. The van der Waals surface area contributed by atoms with Crippen molar-refractivity contribution in [1.29, 1.82) is 0 Å². The minimum absolute atomic E-state index is 0.208. The quantitative estimate of drug-likeness (QED) is 0.620. The van der Waals surface area contributed by atoms with E-state index in [9.17, 15) is 13.5 Å². The van der Waals surface area contributed by atoms with E-state index in [1.165, 1.54) is 10.6 Å². The first-order valence-corrected chi connectivity index (χ1v) is 7.19. The summed E-state index contributed by atoms with van der Waals surface area (Å²) in [4.78, 5) is 2.04. The summed E-state index contributed by atoms with van der Waals surface area (Å²) in [6, 6.07) is 0. The van der Waals surface area contributed by atoms with Crippen LogP contribution in [0.3, 0.4) is 0 Å². The molecule has 1 saturated heterocycles. The molecule has 0 aromatic heterocycles. The maximum atomic E-state index is 11.3. The molecule has 1 rings (SSSR count). The van der Waals surface area contributed by atoms with Crippen LogP contribution in [0, 0.1) is 0 Å². The molecule has 0 saturated carbocycles. The van der Waals surface area contributed by atoms with Crippen LogP contribution in [0.15, 0.2) is 0 Å². The van der Waals surface area contributed by atoms with Gasteiger partial charge < -0.3 is 10.8 Å². The van der Waals surface area contributed by atoms with Crippen molar-refractivity contribution in [2.24, 2.45) is 5.73 Å². The molecular formula is C9H21N3O3S. The normalized spacial score (nSPS) is 24.2. The maximum absolute atomic E-state index is 11.3. The van der Waals surface area contributed by atoms with Gasteiger partial charge in [-0.05, 0) is 6.92 Å². The van der Waals surface area contributed by atoms with Crippen molar-refractivity contribution in [2.45, 2.75) is 12.5 Å². The third-order valence-corrected chi connectivity index (χ3v) is 4.11. The highest BCUT2D eigenvalue weighted by Crippen LogP contribution is 2.10. The Morgan fingerprint density at radius 1 is 1.31 bits per heavy atom. The van der Waals surface area contributed by atoms with Crippen molar-refractivity contribution in [1.82, 2.24) is 9.21 Å². The van der Waals surface area contributed by atoms with Crippen LogP contribution >= 0.6 is 0 Å². The van der Waals surface area contributed by atoms with Crippen molar-refractivity contribution < 1.29 is 13.5 Å². The molecule has 16 heavy (non-hydrogen) atoms. The zero-order valence-electron chi connectivity index (χ0n) is 9.89. The van der Waals surface area contributed by atoms with Gasteiger partial charge in [-0.3, -0.25) is 4.90 Å². The summed E-state index contributed by atoms with van der Waals surface area (Å²) in [7, 11) is -3.08. The van der Waals surface area contributed by atoms with Crippen molar-refractivity contribution in [3.63, 3.8) is 0 Å². The summed E-state index contributed by atoms with van der Waals surface area (Å²) in [5.74, 6) is 0. The van der Waals surface area contributed by atoms with Gasteiger partial charge in [0.25, 0.3) is 0 Å². The molecule has 6 nitrogen and oxygen atoms in total. The number of β-amino-alcohol motifs (C(OH)–C–C–N with tert-alkyl or cyclic N) is 1. The average molecular weight is 251 g/mol. The fourth-order valence-electron chi connectivity index (χ4n) is 1.77. The van der Waals surface area contributed by atoms with Gasteiger partial charge in [-0.1, -0.05) is 0 Å². The summed E-state index contributed by atoms with van der Waals surface area (Å²) in [5.41, 5.74) is 4.54. The predicted molar refractivity (Wildman–Crippen MR) is 62.5 cm³/mol. The van der Waals surface area contributed by atoms with Crippen molar-refractivity contribution in [3.8, 4) is 0 Å². The molecule has 0 aliphatic carbocycles. The van der Waals surface area contributed by atoms with Gasteiger partial charge in [-0.25, -0.2) is 8.42 Å². The molecular weight excluding hydrogens is 230 g/mol. The third kappa shape index (κ3) is 3.99. The summed E-state index contributed by atoms with van der Waals surface area (Å²) in [5, 5.41) is 9.80. The van der Waals surface area contributed by atoms with Gasteiger partial charge in [-0.2, -0.15) is 4.31 Å². The van der Waals surface area contributed by atoms with E-state index >= 15 is 0 Å². The summed E-state index contributed by atoms with van der Waals surface area (Å²) < 4.78 is 24.0. The molecule has 0 amide bonds. The van der Waals surface area contributed by atoms with Crippen LogP contribution in [-0.2, 0) is 10.0 Å². The third-order valence-electron chi connectivity index (χ3n) is 2.80. The van der Waals surface area contributed by atoms with E-state index in [2.05, 4.69) is 0 Å². The number of piperazine rings is 1. The molecule has 1 fully saturated rings. The number of aliphatic hydroxyl groups is 1. The van der Waals surface area contributed by atoms with Gasteiger partial charge >= 0.3 is 0 Å². The number of rotatable bonds is 4. The summed E-state index contributed by atoms with van der Waals surface area (Å²) >= 11 is 0. The molecule has 1 aliphatic heterocycles. The van der Waals surface area contributed by atoms with E-state index in [0.29, 0.717) is 32.7 Å². The summed E-state index contributed by atoms with van der Waals surface area (Å²) in [6.45, 7) is 4.64. The van der Waals surface area contributed by atoms with Crippen molar-refractivity contribution in [2.75, 3.05) is 45.5 Å². The smallest absolute Gasteiger partial charge is 0.211 e. The highest BCUT2D eigenvalue weighted by Gasteiger charge is 2.27. The van der Waals surface area contributed by atoms with E-state index < -0.39 is 15.6 Å². The fraction of sp³-hybridized carbons (Fsp3) is 1.00. The van der Waals surface area contributed by atoms with E-state index in [0.717, 1.165) is 0 Å². The first-order valence-electron chi connectivity index (χ1n) is 5.34. The van der Waals surface area contributed by atoms with Gasteiger partial charge in [-0.15, -0.1) is 0 Å². The molecule has 1 aliphatic rings. The van der Waals surface area contributed by atoms with Crippen molar-refractivity contribution in [3.05, 3.63) is 0 Å². The van der Waals surface area contributed by atoms with Gasteiger partial charge in [0.1, 0.15) is 0 Å². The first-order chi connectivity index (χ1) is 7.24. The van der Waals surface area contributed by atoms with Crippen LogP contribution in [0.1, 0.15) is 6.92 Å². The van der Waals surface area contributed by atoms with Crippen molar-refractivity contribution >= 4 is 10.0 Å². The Bertz CT molecular complexity index is 321. The largest absolute Gasteiger partial charge is 0.388 e. The molecule has 0 bridgehead atoms. The lowest BCUT2D eigenvalue weighted by molar-refractivity contribution is 0.0183. The second-order valence-electron chi connectivity index (χ2n) is 4.64. The molecule has 0 spiro atoms. The molecule has 1 atom stereocenters. The Morgan fingerprint density at radius 3 is 2.19 bits per heavy atom. The average Bonchev–Trinajstić information content (AvgIpc) is 2.16. The van der Waals surface area contributed by atoms with Gasteiger partial charge in [0.15, 0.2) is 0 Å². The summed E-state index contributed by atoms with van der Waals surface area (Å²) in [6.07, 6.45) is 1.22. The molecule has 3 N–H and O–H groups in total. The van der Waals surface area contributed by atoms with Gasteiger partial charge in [0.05, 0.1) is 11.9 Å². The van der Waals surface area contributed by atoms with Crippen LogP contribution in [0.25, 0.3) is 0 Å². The number of sulfonamides is 1. The van der Waals surface area contributed by atoms with Crippen LogP contribution in [-0.4, -0.2) is 73.9 Å². The topological polar surface area (TPSA) is 86.9 Å². The van der Waals surface area contributed by atoms with E-state index in [1.54, 1.807) is 6.92 Å². The Labute approximate surface area is 97.1 Å². The minimum atomic E-state index is -3.08. The Kier molecular flexibility index (Phi) is 4.30. The lowest BCUT2D eigenvalue weighted by atomic mass is 10.1. The molecule has 96 valence electrons. The number of hydrogen-bond acceptors (Lipinski definition) is 5. The molecule has 7 heteroatoms.